The Labute approximate surface area is 104 Å². The second kappa shape index (κ2) is 4.80. The number of aromatic carboxylic acids is 1. The van der Waals surface area contributed by atoms with Gasteiger partial charge in [0.2, 0.25) is 5.82 Å². The largest absolute Gasteiger partial charge is 0.478 e. The third-order valence-electron chi connectivity index (χ3n) is 2.17. The average molecular weight is 268 g/mol. The van der Waals surface area contributed by atoms with E-state index >= 15 is 0 Å². The Morgan fingerprint density at radius 1 is 1.26 bits per heavy atom. The number of carbonyl (C=O) groups excluding carboxylic acids is 1. The quantitative estimate of drug-likeness (QED) is 0.770. The van der Waals surface area contributed by atoms with Crippen molar-refractivity contribution in [3.8, 4) is 0 Å². The van der Waals surface area contributed by atoms with Crippen molar-refractivity contribution < 1.29 is 23.5 Å². The van der Waals surface area contributed by atoms with E-state index in [1.165, 1.54) is 0 Å². The van der Waals surface area contributed by atoms with Crippen LogP contribution in [-0.2, 0) is 0 Å². The number of hydrogen-bond donors (Lipinski definition) is 3. The standard InChI is InChI=1S/C10H6F2N4O3/c11-5-2-6(12)7(1-4(5)10(18)19)15-9(17)8-13-3-14-16-8/h1-3H,(H,15,17)(H,18,19)(H,13,14,16). The van der Waals surface area contributed by atoms with Crippen LogP contribution in [0.5, 0.6) is 0 Å². The van der Waals surface area contributed by atoms with E-state index in [2.05, 4.69) is 20.5 Å². The normalized spacial score (nSPS) is 10.2. The van der Waals surface area contributed by atoms with E-state index in [1.54, 1.807) is 0 Å². The summed E-state index contributed by atoms with van der Waals surface area (Å²) < 4.78 is 26.5. The summed E-state index contributed by atoms with van der Waals surface area (Å²) in [5.74, 6) is -4.94. The molecule has 0 aliphatic heterocycles. The van der Waals surface area contributed by atoms with Gasteiger partial charge in [0.15, 0.2) is 0 Å². The number of carboxylic acid groups (broad SMARTS) is 1. The van der Waals surface area contributed by atoms with Gasteiger partial charge >= 0.3 is 5.97 Å². The van der Waals surface area contributed by atoms with Crippen molar-refractivity contribution in [3.05, 3.63) is 41.5 Å². The molecule has 7 nitrogen and oxygen atoms in total. The van der Waals surface area contributed by atoms with Crippen LogP contribution in [0.1, 0.15) is 21.0 Å². The third-order valence-corrected chi connectivity index (χ3v) is 2.17. The van der Waals surface area contributed by atoms with Crippen LogP contribution in [0.3, 0.4) is 0 Å². The van der Waals surface area contributed by atoms with Crippen molar-refractivity contribution in [2.45, 2.75) is 0 Å². The average Bonchev–Trinajstić information content (AvgIpc) is 2.85. The molecule has 0 atom stereocenters. The highest BCUT2D eigenvalue weighted by atomic mass is 19.1. The van der Waals surface area contributed by atoms with E-state index < -0.39 is 34.8 Å². The number of carboxylic acids is 1. The zero-order valence-electron chi connectivity index (χ0n) is 9.15. The van der Waals surface area contributed by atoms with E-state index in [4.69, 9.17) is 5.11 Å². The second-order valence-electron chi connectivity index (χ2n) is 3.41. The number of carbonyl (C=O) groups is 2. The predicted octanol–water partition coefficient (Wildman–Crippen LogP) is 1.03. The molecule has 0 saturated heterocycles. The summed E-state index contributed by atoms with van der Waals surface area (Å²) in [6.45, 7) is 0. The van der Waals surface area contributed by atoms with Gasteiger partial charge in [-0.05, 0) is 6.07 Å². The lowest BCUT2D eigenvalue weighted by atomic mass is 10.2. The van der Waals surface area contributed by atoms with Crippen LogP contribution in [0.4, 0.5) is 14.5 Å². The van der Waals surface area contributed by atoms with Crippen molar-refractivity contribution in [3.63, 3.8) is 0 Å². The number of nitrogens with zero attached hydrogens (tertiary/aromatic N) is 2. The van der Waals surface area contributed by atoms with Gasteiger partial charge in [-0.1, -0.05) is 0 Å². The summed E-state index contributed by atoms with van der Waals surface area (Å²) in [7, 11) is 0. The van der Waals surface area contributed by atoms with Gasteiger partial charge in [-0.2, -0.15) is 5.10 Å². The first-order chi connectivity index (χ1) is 8.99. The predicted molar refractivity (Wildman–Crippen MR) is 57.7 cm³/mol. The monoisotopic (exact) mass is 268 g/mol. The molecule has 0 saturated carbocycles. The van der Waals surface area contributed by atoms with Gasteiger partial charge in [0, 0.05) is 6.07 Å². The molecule has 98 valence electrons. The summed E-state index contributed by atoms with van der Waals surface area (Å²) >= 11 is 0. The van der Waals surface area contributed by atoms with Crippen molar-refractivity contribution >= 4 is 17.6 Å². The molecule has 1 heterocycles. The minimum Gasteiger partial charge on any atom is -0.478 e. The molecule has 0 fully saturated rings. The number of rotatable bonds is 3. The number of hydrogen-bond acceptors (Lipinski definition) is 4. The smallest absolute Gasteiger partial charge is 0.338 e. The minimum absolute atomic E-state index is 0.194. The van der Waals surface area contributed by atoms with Gasteiger partial charge in [-0.3, -0.25) is 9.89 Å². The van der Waals surface area contributed by atoms with Crippen molar-refractivity contribution in [2.75, 3.05) is 5.32 Å². The van der Waals surface area contributed by atoms with Crippen LogP contribution in [0.25, 0.3) is 0 Å². The summed E-state index contributed by atoms with van der Waals surface area (Å²) in [5.41, 5.74) is -1.23. The topological polar surface area (TPSA) is 108 Å². The molecule has 1 aromatic heterocycles. The first kappa shape index (κ1) is 12.6. The molecular weight excluding hydrogens is 262 g/mol. The number of anilines is 1. The third kappa shape index (κ3) is 2.54. The van der Waals surface area contributed by atoms with E-state index in [0.29, 0.717) is 12.1 Å². The second-order valence-corrected chi connectivity index (χ2v) is 3.41. The van der Waals surface area contributed by atoms with E-state index in [1.807, 2.05) is 0 Å². The summed E-state index contributed by atoms with van der Waals surface area (Å²) in [6.07, 6.45) is 1.07. The molecule has 0 spiro atoms. The van der Waals surface area contributed by atoms with Gasteiger partial charge in [-0.25, -0.2) is 18.6 Å². The highest BCUT2D eigenvalue weighted by Crippen LogP contribution is 2.20. The summed E-state index contributed by atoms with van der Waals surface area (Å²) in [4.78, 5) is 25.8. The van der Waals surface area contributed by atoms with E-state index in [9.17, 15) is 18.4 Å². The van der Waals surface area contributed by atoms with Crippen LogP contribution in [-0.4, -0.2) is 32.2 Å². The Bertz CT molecular complexity index is 642. The fraction of sp³-hybridized carbons (Fsp3) is 0. The lowest BCUT2D eigenvalue weighted by Crippen LogP contribution is -2.16. The summed E-state index contributed by atoms with van der Waals surface area (Å²) in [5, 5.41) is 16.4. The molecule has 19 heavy (non-hydrogen) atoms. The molecule has 0 unspecified atom stereocenters. The molecule has 9 heteroatoms. The maximum Gasteiger partial charge on any atom is 0.338 e. The molecule has 0 aliphatic rings. The van der Waals surface area contributed by atoms with Crippen molar-refractivity contribution in [1.29, 1.82) is 0 Å². The number of halogens is 2. The fourth-order valence-corrected chi connectivity index (χ4v) is 1.31. The highest BCUT2D eigenvalue weighted by Gasteiger charge is 2.18. The Hall–Kier alpha value is -2.84. The molecule has 2 aromatic rings. The Morgan fingerprint density at radius 3 is 2.58 bits per heavy atom. The van der Waals surface area contributed by atoms with Crippen LogP contribution in [0.15, 0.2) is 18.5 Å². The van der Waals surface area contributed by atoms with E-state index in [-0.39, 0.29) is 5.82 Å². The SMILES string of the molecule is O=C(Nc1cc(C(=O)O)c(F)cc1F)c1ncn[nH]1. The molecule has 1 aromatic carbocycles. The lowest BCUT2D eigenvalue weighted by molar-refractivity contribution is 0.0691. The molecule has 2 rings (SSSR count). The Balaban J connectivity index is 2.32. The van der Waals surface area contributed by atoms with Crippen LogP contribution >= 0.6 is 0 Å². The van der Waals surface area contributed by atoms with Gasteiger partial charge in [-0.15, -0.1) is 0 Å². The number of aromatic amines is 1. The Kier molecular flexibility index (Phi) is 3.19. The van der Waals surface area contributed by atoms with E-state index in [0.717, 1.165) is 6.33 Å². The lowest BCUT2D eigenvalue weighted by Gasteiger charge is -2.06. The van der Waals surface area contributed by atoms with Crippen LogP contribution < -0.4 is 5.32 Å². The maximum atomic E-state index is 13.4. The van der Waals surface area contributed by atoms with Crippen LogP contribution in [0, 0.1) is 11.6 Å². The molecule has 1 amide bonds. The van der Waals surface area contributed by atoms with Gasteiger partial charge in [0.05, 0.1) is 11.3 Å². The van der Waals surface area contributed by atoms with Crippen molar-refractivity contribution in [2.24, 2.45) is 0 Å². The highest BCUT2D eigenvalue weighted by molar-refractivity contribution is 6.02. The number of H-pyrrole nitrogens is 1. The minimum atomic E-state index is -1.58. The molecule has 3 N–H and O–H groups in total. The fourth-order valence-electron chi connectivity index (χ4n) is 1.31. The first-order valence-electron chi connectivity index (χ1n) is 4.88. The van der Waals surface area contributed by atoms with Gasteiger partial charge < -0.3 is 10.4 Å². The Morgan fingerprint density at radius 2 is 2.00 bits per heavy atom. The zero-order chi connectivity index (χ0) is 14.0. The number of aromatic nitrogens is 3. The number of amides is 1. The van der Waals surface area contributed by atoms with Gasteiger partial charge in [0.1, 0.15) is 18.0 Å². The number of benzene rings is 1. The van der Waals surface area contributed by atoms with Crippen LogP contribution in [0.2, 0.25) is 0 Å². The molecule has 0 radical (unpaired) electrons. The summed E-state index contributed by atoms with van der Waals surface area (Å²) in [6, 6.07) is 1.06. The number of nitrogens with one attached hydrogen (secondary N) is 2. The zero-order valence-corrected chi connectivity index (χ0v) is 9.15. The van der Waals surface area contributed by atoms with Crippen molar-refractivity contribution in [1.82, 2.24) is 15.2 Å². The van der Waals surface area contributed by atoms with Gasteiger partial charge in [0.25, 0.3) is 5.91 Å². The molecule has 0 aliphatic carbocycles. The molecule has 0 bridgehead atoms. The molecular formula is C10H6F2N4O3. The maximum absolute atomic E-state index is 13.4. The first-order valence-corrected chi connectivity index (χ1v) is 4.88.